The minimum Gasteiger partial charge on any atom is -0.378 e. The molecule has 0 saturated carbocycles. The van der Waals surface area contributed by atoms with Gasteiger partial charge in [0.25, 0.3) is 0 Å². The number of aromatic nitrogens is 2. The lowest BCUT2D eigenvalue weighted by Gasteiger charge is -2.23. The summed E-state index contributed by atoms with van der Waals surface area (Å²) in [4.78, 5) is 12.9. The van der Waals surface area contributed by atoms with Crippen LogP contribution < -0.4 is 10.6 Å². The Bertz CT molecular complexity index is 663. The normalized spacial score (nSPS) is 17.9. The molecule has 2 N–H and O–H groups in total. The molecule has 9 heteroatoms. The summed E-state index contributed by atoms with van der Waals surface area (Å²) in [5.41, 5.74) is 2.35. The van der Waals surface area contributed by atoms with Crippen LogP contribution in [0.4, 0.5) is 5.69 Å². The second-order valence-electron chi connectivity index (χ2n) is 4.93. The highest BCUT2D eigenvalue weighted by atomic mass is 35.5. The van der Waals surface area contributed by atoms with E-state index in [9.17, 15) is 4.79 Å². The summed E-state index contributed by atoms with van der Waals surface area (Å²) in [6.07, 6.45) is 0.374. The van der Waals surface area contributed by atoms with Gasteiger partial charge in [-0.1, -0.05) is 34.7 Å². The van der Waals surface area contributed by atoms with Crippen molar-refractivity contribution in [2.24, 2.45) is 0 Å². The molecule has 1 aliphatic heterocycles. The number of carbonyl (C=O) groups is 1. The van der Waals surface area contributed by atoms with Crippen LogP contribution in [-0.4, -0.2) is 41.9 Å². The molecule has 1 amide bonds. The van der Waals surface area contributed by atoms with Crippen LogP contribution in [0.2, 0.25) is 5.02 Å². The number of amides is 1. The predicted molar refractivity (Wildman–Crippen MR) is 91.3 cm³/mol. The van der Waals surface area contributed by atoms with E-state index in [1.54, 1.807) is 11.6 Å². The fraction of sp³-hybridized carbons (Fsp3) is 0.357. The van der Waals surface area contributed by atoms with Crippen LogP contribution in [0, 0.1) is 0 Å². The quantitative estimate of drug-likeness (QED) is 0.842. The Labute approximate surface area is 147 Å². The van der Waals surface area contributed by atoms with Gasteiger partial charge in [-0.05, 0) is 18.2 Å². The third kappa shape index (κ3) is 4.89. The van der Waals surface area contributed by atoms with Crippen molar-refractivity contribution >= 4 is 46.3 Å². The number of nitrogens with one attached hydrogen (secondary N) is 2. The molecule has 2 heterocycles. The topological polar surface area (TPSA) is 76.1 Å². The van der Waals surface area contributed by atoms with Crippen molar-refractivity contribution in [1.29, 1.82) is 0 Å². The van der Waals surface area contributed by atoms with E-state index in [-0.39, 0.29) is 11.9 Å². The Balaban J connectivity index is 1.57. The number of ether oxygens (including phenoxy) is 1. The Kier molecular flexibility index (Phi) is 5.85. The van der Waals surface area contributed by atoms with Crippen LogP contribution in [0.5, 0.6) is 0 Å². The van der Waals surface area contributed by atoms with E-state index in [1.165, 1.54) is 23.1 Å². The SMILES string of the molecule is O=C(CC1COCCN1)Nc1ccc(Sc2nncs2)c(Cl)c1. The largest absolute Gasteiger partial charge is 0.378 e. The molecular weight excluding hydrogens is 356 g/mol. The van der Waals surface area contributed by atoms with Crippen molar-refractivity contribution in [2.75, 3.05) is 25.1 Å². The highest BCUT2D eigenvalue weighted by Crippen LogP contribution is 2.35. The lowest BCUT2D eigenvalue weighted by atomic mass is 10.2. The van der Waals surface area contributed by atoms with Crippen LogP contribution in [0.15, 0.2) is 32.9 Å². The van der Waals surface area contributed by atoms with Gasteiger partial charge in [-0.25, -0.2) is 0 Å². The van der Waals surface area contributed by atoms with Crippen molar-refractivity contribution in [3.8, 4) is 0 Å². The lowest BCUT2D eigenvalue weighted by Crippen LogP contribution is -2.43. The molecule has 1 saturated heterocycles. The lowest BCUT2D eigenvalue weighted by molar-refractivity contribution is -0.117. The van der Waals surface area contributed by atoms with E-state index in [0.29, 0.717) is 30.3 Å². The zero-order valence-electron chi connectivity index (χ0n) is 12.1. The summed E-state index contributed by atoms with van der Waals surface area (Å²) in [5, 5.41) is 14.5. The molecule has 1 aliphatic rings. The zero-order valence-corrected chi connectivity index (χ0v) is 14.5. The predicted octanol–water partition coefficient (Wildman–Crippen LogP) is 2.66. The second kappa shape index (κ2) is 8.07. The summed E-state index contributed by atoms with van der Waals surface area (Å²) in [6, 6.07) is 5.50. The maximum Gasteiger partial charge on any atom is 0.226 e. The molecule has 23 heavy (non-hydrogen) atoms. The van der Waals surface area contributed by atoms with E-state index < -0.39 is 0 Å². The average Bonchev–Trinajstić information content (AvgIpc) is 3.04. The van der Waals surface area contributed by atoms with Crippen molar-refractivity contribution < 1.29 is 9.53 Å². The molecule has 0 spiro atoms. The highest BCUT2D eigenvalue weighted by Gasteiger charge is 2.17. The first-order valence-electron chi connectivity index (χ1n) is 7.05. The summed E-state index contributed by atoms with van der Waals surface area (Å²) in [6.45, 7) is 2.04. The average molecular weight is 371 g/mol. The zero-order chi connectivity index (χ0) is 16.1. The van der Waals surface area contributed by atoms with Crippen LogP contribution in [0.3, 0.4) is 0 Å². The molecule has 2 aromatic rings. The molecule has 0 aliphatic carbocycles. The Hall–Kier alpha value is -1.19. The van der Waals surface area contributed by atoms with Gasteiger partial charge in [-0.2, -0.15) is 0 Å². The molecule has 1 unspecified atom stereocenters. The van der Waals surface area contributed by atoms with E-state index in [4.69, 9.17) is 16.3 Å². The molecule has 0 radical (unpaired) electrons. The third-order valence-corrected chi connectivity index (χ3v) is 5.46. The fourth-order valence-electron chi connectivity index (χ4n) is 2.15. The smallest absolute Gasteiger partial charge is 0.226 e. The Morgan fingerprint density at radius 1 is 1.57 bits per heavy atom. The van der Waals surface area contributed by atoms with Gasteiger partial charge in [0.2, 0.25) is 5.91 Å². The monoisotopic (exact) mass is 370 g/mol. The van der Waals surface area contributed by atoms with Crippen molar-refractivity contribution in [3.63, 3.8) is 0 Å². The second-order valence-corrected chi connectivity index (χ2v) is 7.46. The fourth-order valence-corrected chi connectivity index (χ4v) is 3.88. The van der Waals surface area contributed by atoms with Crippen molar-refractivity contribution in [3.05, 3.63) is 28.7 Å². The maximum atomic E-state index is 12.1. The highest BCUT2D eigenvalue weighted by molar-refractivity contribution is 8.01. The number of hydrogen-bond acceptors (Lipinski definition) is 7. The van der Waals surface area contributed by atoms with Gasteiger partial charge in [0.05, 0.1) is 18.2 Å². The number of halogens is 1. The number of nitrogens with zero attached hydrogens (tertiary/aromatic N) is 2. The maximum absolute atomic E-state index is 12.1. The van der Waals surface area contributed by atoms with Crippen LogP contribution in [0.1, 0.15) is 6.42 Å². The molecule has 3 rings (SSSR count). The van der Waals surface area contributed by atoms with E-state index in [2.05, 4.69) is 20.8 Å². The minimum absolute atomic E-state index is 0.0615. The van der Waals surface area contributed by atoms with Crippen LogP contribution >= 0.6 is 34.7 Å². The number of benzene rings is 1. The van der Waals surface area contributed by atoms with E-state index in [0.717, 1.165) is 15.8 Å². The molecule has 122 valence electrons. The van der Waals surface area contributed by atoms with E-state index in [1.807, 2.05) is 12.1 Å². The molecule has 1 aromatic heterocycles. The summed E-state index contributed by atoms with van der Waals surface area (Å²) < 4.78 is 6.17. The summed E-state index contributed by atoms with van der Waals surface area (Å²) in [7, 11) is 0. The molecule has 1 aromatic carbocycles. The first kappa shape index (κ1) is 16.7. The number of carbonyl (C=O) groups excluding carboxylic acids is 1. The van der Waals surface area contributed by atoms with E-state index >= 15 is 0 Å². The van der Waals surface area contributed by atoms with Gasteiger partial charge >= 0.3 is 0 Å². The minimum atomic E-state index is -0.0615. The molecule has 1 fully saturated rings. The number of rotatable bonds is 5. The first-order chi connectivity index (χ1) is 11.2. The number of morpholine rings is 1. The standard InChI is InChI=1S/C14H15ClN4O2S2/c15-11-5-9(1-2-12(11)23-14-19-17-8-22-14)18-13(20)6-10-7-21-4-3-16-10/h1-2,5,8,10,16H,3-4,6-7H2,(H,18,20). The Morgan fingerprint density at radius 3 is 3.17 bits per heavy atom. The number of hydrogen-bond donors (Lipinski definition) is 2. The van der Waals surface area contributed by atoms with Gasteiger partial charge in [0.1, 0.15) is 5.51 Å². The molecule has 1 atom stereocenters. The number of anilines is 1. The molecule has 0 bridgehead atoms. The molecular formula is C14H15ClN4O2S2. The first-order valence-corrected chi connectivity index (χ1v) is 9.12. The van der Waals surface area contributed by atoms with Gasteiger partial charge in [-0.3, -0.25) is 4.79 Å². The van der Waals surface area contributed by atoms with Crippen LogP contribution in [-0.2, 0) is 9.53 Å². The van der Waals surface area contributed by atoms with Crippen molar-refractivity contribution in [1.82, 2.24) is 15.5 Å². The van der Waals surface area contributed by atoms with Crippen LogP contribution in [0.25, 0.3) is 0 Å². The summed E-state index contributed by atoms with van der Waals surface area (Å²) >= 11 is 9.18. The van der Waals surface area contributed by atoms with Crippen molar-refractivity contribution in [2.45, 2.75) is 21.7 Å². The van der Waals surface area contributed by atoms with Gasteiger partial charge in [0.15, 0.2) is 4.34 Å². The summed E-state index contributed by atoms with van der Waals surface area (Å²) in [5.74, 6) is -0.0615. The van der Waals surface area contributed by atoms with Gasteiger partial charge < -0.3 is 15.4 Å². The van der Waals surface area contributed by atoms with Gasteiger partial charge in [-0.15, -0.1) is 10.2 Å². The molecule has 6 nitrogen and oxygen atoms in total. The third-order valence-electron chi connectivity index (χ3n) is 3.18. The van der Waals surface area contributed by atoms with Gasteiger partial charge in [0, 0.05) is 29.6 Å². The Morgan fingerprint density at radius 2 is 2.48 bits per heavy atom.